The van der Waals surface area contributed by atoms with Gasteiger partial charge in [0.05, 0.1) is 0 Å². The first-order valence-electron chi connectivity index (χ1n) is 4.28. The van der Waals surface area contributed by atoms with Gasteiger partial charge in [0.1, 0.15) is 0 Å². The van der Waals surface area contributed by atoms with Gasteiger partial charge in [-0.05, 0) is 0 Å². The number of hydrogen-bond donors (Lipinski definition) is 4. The van der Waals surface area contributed by atoms with Gasteiger partial charge < -0.3 is 21.7 Å². The van der Waals surface area contributed by atoms with Gasteiger partial charge in [0.15, 0.2) is 0 Å². The van der Waals surface area contributed by atoms with Crippen LogP contribution in [0.3, 0.4) is 0 Å². The van der Waals surface area contributed by atoms with Crippen LogP contribution in [0.5, 0.6) is 0 Å². The van der Waals surface area contributed by atoms with Crippen LogP contribution in [0, 0.1) is 0 Å². The Morgan fingerprint density at radius 3 is 2.64 bits per heavy atom. The second-order valence-electron chi connectivity index (χ2n) is 2.84. The summed E-state index contributed by atoms with van der Waals surface area (Å²) in [5.41, 5.74) is 5.55. The van der Waals surface area contributed by atoms with E-state index in [2.05, 4.69) is 16.0 Å². The fourth-order valence-corrected chi connectivity index (χ4v) is 1.18. The molecule has 0 radical (unpaired) electrons. The van der Waals surface area contributed by atoms with Crippen molar-refractivity contribution in [1.29, 1.82) is 0 Å². The number of rotatable bonds is 1. The third-order valence-corrected chi connectivity index (χ3v) is 1.89. The standard InChI is InChI=1S/C7H18N4/c8-5-7-6-10-2-1-9-3-4-11-7/h7,9-11H,1-6,8H2/t7-/m0/s1. The Balaban J connectivity index is 2.19. The Morgan fingerprint density at radius 1 is 1.09 bits per heavy atom. The highest BCUT2D eigenvalue weighted by Gasteiger charge is 2.05. The molecular weight excluding hydrogens is 140 g/mol. The molecule has 11 heavy (non-hydrogen) atoms. The molecular formula is C7H18N4. The molecule has 4 nitrogen and oxygen atoms in total. The van der Waals surface area contributed by atoms with Gasteiger partial charge in [0.2, 0.25) is 0 Å². The van der Waals surface area contributed by atoms with Gasteiger partial charge in [-0.25, -0.2) is 0 Å². The van der Waals surface area contributed by atoms with Gasteiger partial charge in [-0.1, -0.05) is 0 Å². The van der Waals surface area contributed by atoms with E-state index >= 15 is 0 Å². The molecule has 0 unspecified atom stereocenters. The van der Waals surface area contributed by atoms with Crippen LogP contribution in [0.2, 0.25) is 0 Å². The largest absolute Gasteiger partial charge is 0.329 e. The summed E-state index contributed by atoms with van der Waals surface area (Å²) in [6.07, 6.45) is 0. The van der Waals surface area contributed by atoms with Crippen LogP contribution >= 0.6 is 0 Å². The van der Waals surface area contributed by atoms with E-state index in [1.54, 1.807) is 0 Å². The molecule has 0 spiro atoms. The smallest absolute Gasteiger partial charge is 0.0315 e. The second-order valence-corrected chi connectivity index (χ2v) is 2.84. The van der Waals surface area contributed by atoms with Crippen molar-refractivity contribution >= 4 is 0 Å². The SMILES string of the molecule is NC[C@H]1CNCCNCCN1. The first-order chi connectivity index (χ1) is 5.43. The van der Waals surface area contributed by atoms with Crippen molar-refractivity contribution in [3.63, 3.8) is 0 Å². The zero-order valence-corrected chi connectivity index (χ0v) is 6.90. The summed E-state index contributed by atoms with van der Waals surface area (Å²) in [5.74, 6) is 0. The molecule has 1 saturated heterocycles. The zero-order chi connectivity index (χ0) is 7.94. The van der Waals surface area contributed by atoms with Crippen molar-refractivity contribution in [3.8, 4) is 0 Å². The van der Waals surface area contributed by atoms with Crippen LogP contribution in [0.25, 0.3) is 0 Å². The van der Waals surface area contributed by atoms with E-state index in [0.29, 0.717) is 12.6 Å². The Hall–Kier alpha value is -0.160. The van der Waals surface area contributed by atoms with Gasteiger partial charge in [0.25, 0.3) is 0 Å². The fourth-order valence-electron chi connectivity index (χ4n) is 1.18. The molecule has 1 aliphatic heterocycles. The second kappa shape index (κ2) is 5.49. The summed E-state index contributed by atoms with van der Waals surface area (Å²) in [7, 11) is 0. The molecule has 0 aliphatic carbocycles. The van der Waals surface area contributed by atoms with E-state index in [4.69, 9.17) is 5.73 Å². The summed E-state index contributed by atoms with van der Waals surface area (Å²) >= 11 is 0. The van der Waals surface area contributed by atoms with Crippen LogP contribution < -0.4 is 21.7 Å². The van der Waals surface area contributed by atoms with Crippen molar-refractivity contribution in [2.24, 2.45) is 5.73 Å². The Bertz CT molecular complexity index is 86.4. The van der Waals surface area contributed by atoms with E-state index < -0.39 is 0 Å². The van der Waals surface area contributed by atoms with Crippen molar-refractivity contribution in [1.82, 2.24) is 16.0 Å². The number of nitrogens with one attached hydrogen (secondary N) is 3. The lowest BCUT2D eigenvalue weighted by Gasteiger charge is -2.14. The lowest BCUT2D eigenvalue weighted by Crippen LogP contribution is -2.44. The molecule has 1 aliphatic rings. The first kappa shape index (κ1) is 8.93. The molecule has 0 aromatic heterocycles. The van der Waals surface area contributed by atoms with Crippen LogP contribution in [-0.4, -0.2) is 45.3 Å². The van der Waals surface area contributed by atoms with Crippen LogP contribution in [0.1, 0.15) is 0 Å². The summed E-state index contributed by atoms with van der Waals surface area (Å²) in [6, 6.07) is 0.440. The van der Waals surface area contributed by atoms with Crippen molar-refractivity contribution < 1.29 is 0 Å². The Kier molecular flexibility index (Phi) is 4.45. The van der Waals surface area contributed by atoms with Crippen molar-refractivity contribution in [3.05, 3.63) is 0 Å². The molecule has 0 bridgehead atoms. The number of nitrogens with two attached hydrogens (primary N) is 1. The van der Waals surface area contributed by atoms with E-state index in [-0.39, 0.29) is 0 Å². The fraction of sp³-hybridized carbons (Fsp3) is 1.00. The van der Waals surface area contributed by atoms with Gasteiger partial charge in [-0.2, -0.15) is 0 Å². The molecule has 0 aromatic carbocycles. The van der Waals surface area contributed by atoms with E-state index in [1.165, 1.54) is 0 Å². The van der Waals surface area contributed by atoms with E-state index in [1.807, 2.05) is 0 Å². The summed E-state index contributed by atoms with van der Waals surface area (Å²) in [4.78, 5) is 0. The minimum Gasteiger partial charge on any atom is -0.329 e. The average Bonchev–Trinajstić information content (AvgIpc) is 2.16. The molecule has 66 valence electrons. The third-order valence-electron chi connectivity index (χ3n) is 1.89. The molecule has 5 N–H and O–H groups in total. The van der Waals surface area contributed by atoms with Crippen LogP contribution in [0.4, 0.5) is 0 Å². The minimum absolute atomic E-state index is 0.440. The molecule has 1 atom stereocenters. The summed E-state index contributed by atoms with van der Waals surface area (Å²) in [6.45, 7) is 5.85. The maximum atomic E-state index is 5.55. The molecule has 0 saturated carbocycles. The first-order valence-corrected chi connectivity index (χ1v) is 4.28. The van der Waals surface area contributed by atoms with E-state index in [9.17, 15) is 0 Å². The maximum absolute atomic E-state index is 5.55. The average molecular weight is 158 g/mol. The van der Waals surface area contributed by atoms with Gasteiger partial charge >= 0.3 is 0 Å². The Morgan fingerprint density at radius 2 is 1.82 bits per heavy atom. The number of hydrogen-bond acceptors (Lipinski definition) is 4. The summed E-state index contributed by atoms with van der Waals surface area (Å²) < 4.78 is 0. The molecule has 4 heteroatoms. The Labute approximate surface area is 67.9 Å². The quantitative estimate of drug-likeness (QED) is 0.360. The normalized spacial score (nSPS) is 28.6. The van der Waals surface area contributed by atoms with Gasteiger partial charge in [-0.3, -0.25) is 0 Å². The van der Waals surface area contributed by atoms with Crippen molar-refractivity contribution in [2.75, 3.05) is 39.3 Å². The topological polar surface area (TPSA) is 62.1 Å². The molecule has 1 rings (SSSR count). The van der Waals surface area contributed by atoms with Gasteiger partial charge in [-0.15, -0.1) is 0 Å². The highest BCUT2D eigenvalue weighted by Crippen LogP contribution is 1.78. The molecule has 0 amide bonds. The molecule has 1 fully saturated rings. The lowest BCUT2D eigenvalue weighted by molar-refractivity contribution is 0.502. The van der Waals surface area contributed by atoms with E-state index in [0.717, 1.165) is 32.7 Å². The van der Waals surface area contributed by atoms with Gasteiger partial charge in [0, 0.05) is 45.3 Å². The lowest BCUT2D eigenvalue weighted by atomic mass is 10.3. The third kappa shape index (κ3) is 3.67. The molecule has 1 heterocycles. The maximum Gasteiger partial charge on any atom is 0.0315 e. The van der Waals surface area contributed by atoms with Crippen molar-refractivity contribution in [2.45, 2.75) is 6.04 Å². The highest BCUT2D eigenvalue weighted by atomic mass is 15.1. The van der Waals surface area contributed by atoms with Crippen LogP contribution in [-0.2, 0) is 0 Å². The minimum atomic E-state index is 0.440. The predicted octanol–water partition coefficient (Wildman–Crippen LogP) is -1.90. The predicted molar refractivity (Wildman–Crippen MR) is 46.6 cm³/mol. The monoisotopic (exact) mass is 158 g/mol. The van der Waals surface area contributed by atoms with Crippen LogP contribution in [0.15, 0.2) is 0 Å². The summed E-state index contributed by atoms with van der Waals surface area (Å²) in [5, 5.41) is 9.99. The molecule has 0 aromatic rings. The zero-order valence-electron chi connectivity index (χ0n) is 6.90. The highest BCUT2D eigenvalue weighted by molar-refractivity contribution is 4.72.